The number of nitrogens with two attached hydrogens (primary N) is 1. The van der Waals surface area contributed by atoms with E-state index in [4.69, 9.17) is 5.73 Å². The molecule has 1 aromatic carbocycles. The van der Waals surface area contributed by atoms with Crippen LogP contribution in [0.15, 0.2) is 17.0 Å². The Balaban J connectivity index is 2.98. The molecule has 4 nitrogen and oxygen atoms in total. The topological polar surface area (TPSA) is 72.2 Å². The lowest BCUT2D eigenvalue weighted by molar-refractivity contribution is -0.120. The smallest absolute Gasteiger partial charge is 0.236 e. The zero-order chi connectivity index (χ0) is 15.4. The van der Waals surface area contributed by atoms with E-state index in [0.29, 0.717) is 6.42 Å². The molecule has 1 amide bonds. The van der Waals surface area contributed by atoms with Crippen LogP contribution >= 0.6 is 0 Å². The second kappa shape index (κ2) is 6.78. The number of hydrogen-bond acceptors (Lipinski definition) is 3. The molecule has 112 valence electrons. The zero-order valence-electron chi connectivity index (χ0n) is 11.6. The molecule has 3 atom stereocenters. The molecule has 1 aromatic rings. The van der Waals surface area contributed by atoms with Gasteiger partial charge in [0.1, 0.15) is 21.8 Å². The first-order valence-electron chi connectivity index (χ1n) is 6.23. The van der Waals surface area contributed by atoms with Gasteiger partial charge in [-0.25, -0.2) is 8.78 Å². The molecule has 0 aliphatic heterocycles. The van der Waals surface area contributed by atoms with Gasteiger partial charge in [0.25, 0.3) is 0 Å². The largest absolute Gasteiger partial charge is 0.399 e. The molecule has 0 fully saturated rings. The van der Waals surface area contributed by atoms with Gasteiger partial charge in [0.2, 0.25) is 5.91 Å². The Labute approximate surface area is 119 Å². The summed E-state index contributed by atoms with van der Waals surface area (Å²) in [5.74, 6) is -2.53. The van der Waals surface area contributed by atoms with E-state index in [1.165, 1.54) is 6.92 Å². The van der Waals surface area contributed by atoms with E-state index in [1.54, 1.807) is 6.92 Å². The number of carbonyl (C=O) groups excluding carboxylic acids is 1. The minimum atomic E-state index is -2.13. The minimum Gasteiger partial charge on any atom is -0.399 e. The van der Waals surface area contributed by atoms with Crippen molar-refractivity contribution in [1.29, 1.82) is 0 Å². The molecule has 0 aromatic heterocycles. The average Bonchev–Trinajstić information content (AvgIpc) is 2.36. The monoisotopic (exact) mass is 304 g/mol. The van der Waals surface area contributed by atoms with Crippen molar-refractivity contribution in [2.24, 2.45) is 0 Å². The molecule has 0 saturated carbocycles. The average molecular weight is 304 g/mol. The molecule has 3 unspecified atom stereocenters. The summed E-state index contributed by atoms with van der Waals surface area (Å²) in [5.41, 5.74) is 5.19. The Bertz CT molecular complexity index is 514. The zero-order valence-corrected chi connectivity index (χ0v) is 12.4. The van der Waals surface area contributed by atoms with Crippen molar-refractivity contribution in [3.8, 4) is 0 Å². The summed E-state index contributed by atoms with van der Waals surface area (Å²) in [6.45, 7) is 5.03. The first-order chi connectivity index (χ1) is 9.27. The minimum absolute atomic E-state index is 0.0944. The Morgan fingerprint density at radius 1 is 1.35 bits per heavy atom. The Hall–Kier alpha value is -1.50. The van der Waals surface area contributed by atoms with Crippen molar-refractivity contribution >= 4 is 22.4 Å². The van der Waals surface area contributed by atoms with Crippen molar-refractivity contribution in [3.63, 3.8) is 0 Å². The number of nitrogen functional groups attached to an aromatic ring is 1. The van der Waals surface area contributed by atoms with Crippen LogP contribution in [0.25, 0.3) is 0 Å². The van der Waals surface area contributed by atoms with Crippen LogP contribution < -0.4 is 11.1 Å². The normalized spacial score (nSPS) is 15.4. The summed E-state index contributed by atoms with van der Waals surface area (Å²) in [6.07, 6.45) is 0.704. The summed E-state index contributed by atoms with van der Waals surface area (Å²) in [4.78, 5) is 11.2. The highest BCUT2D eigenvalue weighted by Gasteiger charge is 2.27. The van der Waals surface area contributed by atoms with Crippen LogP contribution in [0, 0.1) is 11.6 Å². The maximum atomic E-state index is 13.7. The van der Waals surface area contributed by atoms with E-state index in [1.807, 2.05) is 6.92 Å². The van der Waals surface area contributed by atoms with Gasteiger partial charge in [-0.1, -0.05) is 6.92 Å². The number of rotatable bonds is 5. The maximum absolute atomic E-state index is 13.7. The van der Waals surface area contributed by atoms with Gasteiger partial charge in [-0.15, -0.1) is 0 Å². The summed E-state index contributed by atoms with van der Waals surface area (Å²) >= 11 is 0. The van der Waals surface area contributed by atoms with Gasteiger partial charge in [0.15, 0.2) is 0 Å². The van der Waals surface area contributed by atoms with Crippen LogP contribution in [0.3, 0.4) is 0 Å². The lowest BCUT2D eigenvalue weighted by atomic mass is 10.2. The van der Waals surface area contributed by atoms with Crippen molar-refractivity contribution in [1.82, 2.24) is 5.32 Å². The van der Waals surface area contributed by atoms with Crippen molar-refractivity contribution in [2.75, 3.05) is 5.73 Å². The highest BCUT2D eigenvalue weighted by Crippen LogP contribution is 2.22. The van der Waals surface area contributed by atoms with Crippen molar-refractivity contribution < 1.29 is 17.8 Å². The standard InChI is InChI=1S/C13H18F2N2O2S/c1-4-7(2)17-13(18)8(3)20(19)12-10(14)5-9(16)6-11(12)15/h5-8H,4,16H2,1-3H3,(H,17,18). The van der Waals surface area contributed by atoms with E-state index in [0.717, 1.165) is 12.1 Å². The summed E-state index contributed by atoms with van der Waals surface area (Å²) in [6, 6.07) is 1.67. The molecule has 0 bridgehead atoms. The van der Waals surface area contributed by atoms with Gasteiger partial charge < -0.3 is 11.1 Å². The van der Waals surface area contributed by atoms with Crippen LogP contribution in [0.1, 0.15) is 27.2 Å². The van der Waals surface area contributed by atoms with Gasteiger partial charge in [-0.2, -0.15) is 0 Å². The fourth-order valence-corrected chi connectivity index (χ4v) is 2.63. The second-order valence-electron chi connectivity index (χ2n) is 4.57. The number of benzene rings is 1. The molecule has 0 saturated heterocycles. The van der Waals surface area contributed by atoms with E-state index in [2.05, 4.69) is 5.32 Å². The van der Waals surface area contributed by atoms with Crippen molar-refractivity contribution in [2.45, 2.75) is 43.4 Å². The van der Waals surface area contributed by atoms with E-state index in [-0.39, 0.29) is 11.7 Å². The fraction of sp³-hybridized carbons (Fsp3) is 0.462. The quantitative estimate of drug-likeness (QED) is 0.817. The van der Waals surface area contributed by atoms with Crippen LogP contribution in [-0.4, -0.2) is 21.4 Å². The molecular weight excluding hydrogens is 286 g/mol. The lowest BCUT2D eigenvalue weighted by Crippen LogP contribution is -2.40. The number of carbonyl (C=O) groups is 1. The highest BCUT2D eigenvalue weighted by molar-refractivity contribution is 7.86. The Kier molecular flexibility index (Phi) is 5.62. The third-order valence-corrected chi connectivity index (χ3v) is 4.56. The third kappa shape index (κ3) is 3.75. The Morgan fingerprint density at radius 3 is 2.30 bits per heavy atom. The molecule has 0 aliphatic carbocycles. The van der Waals surface area contributed by atoms with E-state index >= 15 is 0 Å². The van der Waals surface area contributed by atoms with Crippen LogP contribution in [-0.2, 0) is 15.6 Å². The van der Waals surface area contributed by atoms with Gasteiger partial charge in [0.05, 0.1) is 10.8 Å². The molecule has 7 heteroatoms. The molecule has 0 radical (unpaired) electrons. The fourth-order valence-electron chi connectivity index (χ4n) is 1.51. The van der Waals surface area contributed by atoms with E-state index < -0.39 is 38.5 Å². The van der Waals surface area contributed by atoms with E-state index in [9.17, 15) is 17.8 Å². The van der Waals surface area contributed by atoms with Crippen LogP contribution in [0.5, 0.6) is 0 Å². The molecule has 20 heavy (non-hydrogen) atoms. The maximum Gasteiger partial charge on any atom is 0.236 e. The predicted octanol–water partition coefficient (Wildman–Crippen LogP) is 1.96. The predicted molar refractivity (Wildman–Crippen MR) is 74.5 cm³/mol. The molecule has 0 heterocycles. The van der Waals surface area contributed by atoms with Gasteiger partial charge in [0, 0.05) is 11.7 Å². The molecular formula is C13H18F2N2O2S. The Morgan fingerprint density at radius 2 is 1.85 bits per heavy atom. The molecule has 1 rings (SSSR count). The molecule has 3 N–H and O–H groups in total. The first kappa shape index (κ1) is 16.6. The van der Waals surface area contributed by atoms with Crippen LogP contribution in [0.2, 0.25) is 0 Å². The number of anilines is 1. The lowest BCUT2D eigenvalue weighted by Gasteiger charge is -2.16. The number of halogens is 2. The summed E-state index contributed by atoms with van der Waals surface area (Å²) in [5, 5.41) is 1.57. The number of nitrogens with one attached hydrogen (secondary N) is 1. The number of hydrogen-bond donors (Lipinski definition) is 2. The molecule has 0 aliphatic rings. The first-order valence-corrected chi connectivity index (χ1v) is 7.44. The molecule has 0 spiro atoms. The summed E-state index contributed by atoms with van der Waals surface area (Å²) in [7, 11) is -2.13. The second-order valence-corrected chi connectivity index (χ2v) is 6.28. The summed E-state index contributed by atoms with van der Waals surface area (Å²) < 4.78 is 39.5. The van der Waals surface area contributed by atoms with Gasteiger partial charge in [-0.05, 0) is 32.4 Å². The van der Waals surface area contributed by atoms with Crippen LogP contribution in [0.4, 0.5) is 14.5 Å². The van der Waals surface area contributed by atoms with Gasteiger partial charge in [-0.3, -0.25) is 9.00 Å². The van der Waals surface area contributed by atoms with Gasteiger partial charge >= 0.3 is 0 Å². The highest BCUT2D eigenvalue weighted by atomic mass is 32.2. The third-order valence-electron chi connectivity index (χ3n) is 2.91. The van der Waals surface area contributed by atoms with Crippen molar-refractivity contribution in [3.05, 3.63) is 23.8 Å². The SMILES string of the molecule is CCC(C)NC(=O)C(C)S(=O)c1c(F)cc(N)cc1F. The number of amides is 1.